The number of hydrogen-bond acceptors (Lipinski definition) is 5. The number of nitrogens with zero attached hydrogens (tertiary/aromatic N) is 1. The largest absolute Gasteiger partial charge is 0.481 e. The molecule has 1 rings (SSSR count). The number of likely N-dealkylation sites (tertiary alicyclic amines) is 1. The molecule has 1 N–H and O–H groups in total. The van der Waals surface area contributed by atoms with Crippen molar-refractivity contribution in [1.29, 1.82) is 0 Å². The van der Waals surface area contributed by atoms with E-state index in [4.69, 9.17) is 5.11 Å². The fourth-order valence-electron chi connectivity index (χ4n) is 1.51. The van der Waals surface area contributed by atoms with Crippen LogP contribution in [0, 0.1) is 0 Å². The summed E-state index contributed by atoms with van der Waals surface area (Å²) in [6, 6.07) is -1.22. The number of carbonyl (C=O) groups is 4. The molecule has 0 aliphatic carbocycles. The minimum Gasteiger partial charge on any atom is -0.481 e. The normalized spacial score (nSPS) is 17.4. The number of esters is 1. The van der Waals surface area contributed by atoms with Crippen LogP contribution in [0.5, 0.6) is 0 Å². The summed E-state index contributed by atoms with van der Waals surface area (Å²) in [5.41, 5.74) is 0. The quantitative estimate of drug-likeness (QED) is 0.480. The summed E-state index contributed by atoms with van der Waals surface area (Å²) in [7, 11) is 1.10. The Kier molecular flexibility index (Phi) is 3.60. The zero-order valence-electron chi connectivity index (χ0n) is 8.63. The SMILES string of the molecule is COC(=O)[C@@H](CC(=O)O)N1CC(=O)CC1=O. The van der Waals surface area contributed by atoms with E-state index in [9.17, 15) is 19.2 Å². The van der Waals surface area contributed by atoms with Crippen LogP contribution >= 0.6 is 0 Å². The Morgan fingerprint density at radius 1 is 1.50 bits per heavy atom. The molecule has 0 aromatic carbocycles. The van der Waals surface area contributed by atoms with Gasteiger partial charge in [-0.3, -0.25) is 14.4 Å². The van der Waals surface area contributed by atoms with Gasteiger partial charge in [0, 0.05) is 0 Å². The summed E-state index contributed by atoms with van der Waals surface area (Å²) in [6.07, 6.45) is -0.848. The van der Waals surface area contributed by atoms with Gasteiger partial charge >= 0.3 is 11.9 Å². The van der Waals surface area contributed by atoms with E-state index >= 15 is 0 Å². The number of Topliss-reactive ketones (excluding diaryl/α,β-unsaturated/α-hetero) is 1. The Morgan fingerprint density at radius 2 is 2.12 bits per heavy atom. The van der Waals surface area contributed by atoms with Crippen molar-refractivity contribution in [2.45, 2.75) is 18.9 Å². The lowest BCUT2D eigenvalue weighted by Crippen LogP contribution is -2.44. The van der Waals surface area contributed by atoms with Crippen molar-refractivity contribution in [2.24, 2.45) is 0 Å². The fourth-order valence-corrected chi connectivity index (χ4v) is 1.51. The van der Waals surface area contributed by atoms with Gasteiger partial charge in [-0.2, -0.15) is 0 Å². The summed E-state index contributed by atoms with van der Waals surface area (Å²) < 4.78 is 4.40. The molecule has 0 spiro atoms. The zero-order chi connectivity index (χ0) is 12.3. The van der Waals surface area contributed by atoms with Crippen LogP contribution in [0.25, 0.3) is 0 Å². The molecule has 1 aliphatic heterocycles. The molecule has 16 heavy (non-hydrogen) atoms. The van der Waals surface area contributed by atoms with E-state index in [0.29, 0.717) is 0 Å². The monoisotopic (exact) mass is 229 g/mol. The highest BCUT2D eigenvalue weighted by atomic mass is 16.5. The minimum absolute atomic E-state index is 0.230. The van der Waals surface area contributed by atoms with Crippen LogP contribution in [0.15, 0.2) is 0 Å². The van der Waals surface area contributed by atoms with E-state index in [1.807, 2.05) is 0 Å². The van der Waals surface area contributed by atoms with Gasteiger partial charge in [0.1, 0.15) is 6.04 Å². The maximum atomic E-state index is 11.3. The summed E-state index contributed by atoms with van der Waals surface area (Å²) in [4.78, 5) is 45.1. The van der Waals surface area contributed by atoms with E-state index in [-0.39, 0.29) is 18.7 Å². The van der Waals surface area contributed by atoms with Crippen LogP contribution in [0.3, 0.4) is 0 Å². The molecule has 1 atom stereocenters. The first kappa shape index (κ1) is 12.2. The van der Waals surface area contributed by atoms with Gasteiger partial charge in [-0.05, 0) is 0 Å². The second-order valence-corrected chi connectivity index (χ2v) is 3.37. The lowest BCUT2D eigenvalue weighted by molar-refractivity contribution is -0.155. The lowest BCUT2D eigenvalue weighted by Gasteiger charge is -2.23. The van der Waals surface area contributed by atoms with Crippen molar-refractivity contribution >= 4 is 23.6 Å². The lowest BCUT2D eigenvalue weighted by atomic mass is 10.2. The second-order valence-electron chi connectivity index (χ2n) is 3.37. The molecule has 0 aromatic rings. The van der Waals surface area contributed by atoms with Crippen molar-refractivity contribution in [2.75, 3.05) is 13.7 Å². The van der Waals surface area contributed by atoms with Gasteiger partial charge in [-0.1, -0.05) is 0 Å². The number of carbonyl (C=O) groups excluding carboxylic acids is 3. The van der Waals surface area contributed by atoms with E-state index in [1.165, 1.54) is 0 Å². The molecule has 1 aliphatic rings. The third-order valence-corrected chi connectivity index (χ3v) is 2.23. The summed E-state index contributed by atoms with van der Waals surface area (Å²) >= 11 is 0. The van der Waals surface area contributed by atoms with E-state index in [1.54, 1.807) is 0 Å². The van der Waals surface area contributed by atoms with E-state index in [2.05, 4.69) is 4.74 Å². The Labute approximate surface area is 91.0 Å². The predicted octanol–water partition coefficient (Wildman–Crippen LogP) is -1.20. The average Bonchev–Trinajstić information content (AvgIpc) is 2.53. The van der Waals surface area contributed by atoms with Gasteiger partial charge in [0.25, 0.3) is 0 Å². The summed E-state index contributed by atoms with van der Waals surface area (Å²) in [5.74, 6) is -2.93. The van der Waals surface area contributed by atoms with E-state index in [0.717, 1.165) is 12.0 Å². The molecule has 0 bridgehead atoms. The number of hydrogen-bond donors (Lipinski definition) is 1. The average molecular weight is 229 g/mol. The van der Waals surface area contributed by atoms with Crippen molar-refractivity contribution in [1.82, 2.24) is 4.90 Å². The van der Waals surface area contributed by atoms with Crippen molar-refractivity contribution in [3.63, 3.8) is 0 Å². The van der Waals surface area contributed by atoms with Crippen molar-refractivity contribution in [3.05, 3.63) is 0 Å². The maximum Gasteiger partial charge on any atom is 0.329 e. The summed E-state index contributed by atoms with van der Waals surface area (Å²) in [6.45, 7) is -0.230. The first-order valence-electron chi connectivity index (χ1n) is 4.56. The van der Waals surface area contributed by atoms with Crippen LogP contribution in [0.4, 0.5) is 0 Å². The molecule has 0 radical (unpaired) electrons. The van der Waals surface area contributed by atoms with Crippen LogP contribution < -0.4 is 0 Å². The van der Waals surface area contributed by atoms with Gasteiger partial charge < -0.3 is 14.7 Å². The molecule has 1 amide bonds. The molecule has 0 aromatic heterocycles. The van der Waals surface area contributed by atoms with Crippen molar-refractivity contribution < 1.29 is 29.0 Å². The third-order valence-electron chi connectivity index (χ3n) is 2.23. The zero-order valence-corrected chi connectivity index (χ0v) is 8.63. The maximum absolute atomic E-state index is 11.3. The van der Waals surface area contributed by atoms with Crippen molar-refractivity contribution in [3.8, 4) is 0 Å². The van der Waals surface area contributed by atoms with Gasteiger partial charge in [0.05, 0.1) is 26.5 Å². The highest BCUT2D eigenvalue weighted by Gasteiger charge is 2.38. The number of ether oxygens (including phenoxy) is 1. The Morgan fingerprint density at radius 3 is 2.50 bits per heavy atom. The Bertz CT molecular complexity index is 350. The van der Waals surface area contributed by atoms with Crippen LogP contribution in [0.2, 0.25) is 0 Å². The summed E-state index contributed by atoms with van der Waals surface area (Å²) in [5, 5.41) is 8.61. The highest BCUT2D eigenvalue weighted by molar-refractivity contribution is 6.07. The number of aliphatic carboxylic acids is 1. The first-order valence-corrected chi connectivity index (χ1v) is 4.56. The molecule has 7 nitrogen and oxygen atoms in total. The highest BCUT2D eigenvalue weighted by Crippen LogP contribution is 2.14. The van der Waals surface area contributed by atoms with Crippen LogP contribution in [0.1, 0.15) is 12.8 Å². The second kappa shape index (κ2) is 4.73. The number of rotatable bonds is 4. The Hall–Kier alpha value is -1.92. The van der Waals surface area contributed by atoms with Gasteiger partial charge in [0.15, 0.2) is 5.78 Å². The number of carboxylic acids is 1. The molecule has 1 fully saturated rings. The standard InChI is InChI=1S/C9H11NO6/c1-16-9(15)6(3-8(13)14)10-4-5(11)2-7(10)12/h6H,2-4H2,1H3,(H,13,14)/t6-/m1/s1. The Balaban J connectivity index is 2.83. The van der Waals surface area contributed by atoms with Gasteiger partial charge in [0.2, 0.25) is 5.91 Å². The van der Waals surface area contributed by atoms with Gasteiger partial charge in [-0.25, -0.2) is 4.79 Å². The molecule has 1 saturated heterocycles. The van der Waals surface area contributed by atoms with E-state index < -0.39 is 30.3 Å². The topological polar surface area (TPSA) is 101 Å². The number of amides is 1. The van der Waals surface area contributed by atoms with Crippen LogP contribution in [-0.4, -0.2) is 53.3 Å². The molecule has 1 heterocycles. The minimum atomic E-state index is -1.23. The fraction of sp³-hybridized carbons (Fsp3) is 0.556. The molecule has 0 unspecified atom stereocenters. The van der Waals surface area contributed by atoms with Crippen LogP contribution in [-0.2, 0) is 23.9 Å². The smallest absolute Gasteiger partial charge is 0.329 e. The number of methoxy groups -OCH3 is 1. The molecule has 7 heteroatoms. The predicted molar refractivity (Wildman–Crippen MR) is 49.4 cm³/mol. The number of ketones is 1. The third kappa shape index (κ3) is 2.56. The molecular weight excluding hydrogens is 218 g/mol. The molecule has 88 valence electrons. The van der Waals surface area contributed by atoms with Gasteiger partial charge in [-0.15, -0.1) is 0 Å². The first-order chi connectivity index (χ1) is 7.45. The molecule has 0 saturated carbocycles. The molecular formula is C9H11NO6. The number of carboxylic acid groups (broad SMARTS) is 1.